The number of likely N-dealkylation sites (tertiary alicyclic amines) is 1. The van der Waals surface area contributed by atoms with Crippen molar-refractivity contribution < 1.29 is 21.6 Å². The molecule has 1 fully saturated rings. The van der Waals surface area contributed by atoms with Crippen LogP contribution in [0, 0.1) is 0 Å². The van der Waals surface area contributed by atoms with E-state index in [1.165, 1.54) is 6.26 Å². The Balaban J connectivity index is 1.85. The maximum Gasteiger partial charge on any atom is 0.434 e. The fourth-order valence-electron chi connectivity index (χ4n) is 2.77. The van der Waals surface area contributed by atoms with E-state index in [-0.39, 0.29) is 18.3 Å². The Morgan fingerprint density at radius 1 is 1.39 bits per heavy atom. The van der Waals surface area contributed by atoms with Crippen LogP contribution in [0.15, 0.2) is 10.4 Å². The predicted molar refractivity (Wildman–Crippen MR) is 104 cm³/mol. The van der Waals surface area contributed by atoms with Crippen molar-refractivity contribution in [2.45, 2.75) is 38.5 Å². The highest BCUT2D eigenvalue weighted by Crippen LogP contribution is 2.30. The van der Waals surface area contributed by atoms with Gasteiger partial charge in [0.25, 0.3) is 0 Å². The Morgan fingerprint density at radius 3 is 2.61 bits per heavy atom. The number of halogens is 3. The van der Waals surface area contributed by atoms with Crippen LogP contribution in [0.25, 0.3) is 0 Å². The monoisotopic (exact) mass is 441 g/mol. The van der Waals surface area contributed by atoms with Gasteiger partial charge in [0.15, 0.2) is 11.7 Å². The van der Waals surface area contributed by atoms with Gasteiger partial charge in [-0.05, 0) is 19.8 Å². The number of thiazole rings is 1. The molecule has 0 atom stereocenters. The summed E-state index contributed by atoms with van der Waals surface area (Å²) in [6, 6.07) is 0.175. The molecule has 2 heterocycles. The number of alkyl halides is 3. The third kappa shape index (κ3) is 7.92. The van der Waals surface area contributed by atoms with Crippen molar-refractivity contribution in [3.8, 4) is 0 Å². The maximum atomic E-state index is 12.6. The molecule has 160 valence electrons. The zero-order valence-electron chi connectivity index (χ0n) is 15.9. The van der Waals surface area contributed by atoms with Crippen LogP contribution in [-0.4, -0.2) is 68.5 Å². The fraction of sp³-hybridized carbons (Fsp3) is 0.750. The Kier molecular flexibility index (Phi) is 8.07. The molecule has 0 bridgehead atoms. The number of sulfone groups is 1. The van der Waals surface area contributed by atoms with Crippen molar-refractivity contribution in [1.29, 1.82) is 0 Å². The molecule has 7 nitrogen and oxygen atoms in total. The third-order valence-electron chi connectivity index (χ3n) is 4.27. The topological polar surface area (TPSA) is 86.7 Å². The molecule has 1 aromatic heterocycles. The standard InChI is InChI=1S/C16H26F3N5O2S2/c1-3-20-15(21-10-14-23-13(11-27-14)16(17,18)19)22-12-4-6-24(7-5-12)8-9-28(2,25)26/h11-12H,3-10H2,1-2H3,(H2,20,21,22). The van der Waals surface area contributed by atoms with Gasteiger partial charge in [-0.25, -0.2) is 18.4 Å². The number of nitrogens with one attached hydrogen (secondary N) is 2. The van der Waals surface area contributed by atoms with Gasteiger partial charge < -0.3 is 15.5 Å². The van der Waals surface area contributed by atoms with E-state index < -0.39 is 21.7 Å². The number of aliphatic imine (C=N–C) groups is 1. The van der Waals surface area contributed by atoms with E-state index in [0.717, 1.165) is 42.6 Å². The van der Waals surface area contributed by atoms with Gasteiger partial charge in [-0.1, -0.05) is 0 Å². The summed E-state index contributed by atoms with van der Waals surface area (Å²) in [6.07, 6.45) is -1.53. The SMILES string of the molecule is CCNC(=NCc1nc(C(F)(F)F)cs1)NC1CCN(CCS(C)(=O)=O)CC1. The predicted octanol–water partition coefficient (Wildman–Crippen LogP) is 1.73. The molecule has 0 radical (unpaired) electrons. The number of aromatic nitrogens is 1. The fourth-order valence-corrected chi connectivity index (χ4v) is 4.08. The van der Waals surface area contributed by atoms with E-state index in [4.69, 9.17) is 0 Å². The molecule has 0 aromatic carbocycles. The molecule has 1 saturated heterocycles. The number of piperidine rings is 1. The van der Waals surface area contributed by atoms with Crippen LogP contribution in [0.5, 0.6) is 0 Å². The van der Waals surface area contributed by atoms with Crippen LogP contribution in [0.2, 0.25) is 0 Å². The molecule has 0 aliphatic carbocycles. The van der Waals surface area contributed by atoms with Gasteiger partial charge in [0.1, 0.15) is 14.8 Å². The van der Waals surface area contributed by atoms with Gasteiger partial charge in [0.2, 0.25) is 0 Å². The molecule has 2 N–H and O–H groups in total. The van der Waals surface area contributed by atoms with Crippen LogP contribution in [0.4, 0.5) is 13.2 Å². The highest BCUT2D eigenvalue weighted by atomic mass is 32.2. The van der Waals surface area contributed by atoms with Crippen molar-refractivity contribution in [3.63, 3.8) is 0 Å². The second-order valence-corrected chi connectivity index (χ2v) is 9.91. The van der Waals surface area contributed by atoms with Gasteiger partial charge >= 0.3 is 6.18 Å². The van der Waals surface area contributed by atoms with Crippen LogP contribution >= 0.6 is 11.3 Å². The normalized spacial score (nSPS) is 17.7. The summed E-state index contributed by atoms with van der Waals surface area (Å²) in [5.41, 5.74) is -0.887. The molecule has 28 heavy (non-hydrogen) atoms. The summed E-state index contributed by atoms with van der Waals surface area (Å²) in [4.78, 5) is 10.1. The minimum Gasteiger partial charge on any atom is -0.357 e. The van der Waals surface area contributed by atoms with Crippen molar-refractivity contribution >= 4 is 27.1 Å². The number of guanidine groups is 1. The van der Waals surface area contributed by atoms with Crippen LogP contribution in [-0.2, 0) is 22.6 Å². The first-order valence-electron chi connectivity index (χ1n) is 9.03. The van der Waals surface area contributed by atoms with Crippen LogP contribution in [0.1, 0.15) is 30.5 Å². The molecule has 0 amide bonds. The summed E-state index contributed by atoms with van der Waals surface area (Å²) in [5.74, 6) is 0.698. The molecule has 0 spiro atoms. The number of hydrogen-bond acceptors (Lipinski definition) is 6. The minimum atomic E-state index is -4.44. The lowest BCUT2D eigenvalue weighted by Gasteiger charge is -2.32. The van der Waals surface area contributed by atoms with E-state index in [9.17, 15) is 21.6 Å². The zero-order chi connectivity index (χ0) is 20.8. The number of nitrogens with zero attached hydrogens (tertiary/aromatic N) is 3. The van der Waals surface area contributed by atoms with Gasteiger partial charge in [0.05, 0.1) is 12.3 Å². The summed E-state index contributed by atoms with van der Waals surface area (Å²) in [6.45, 7) is 4.72. The summed E-state index contributed by atoms with van der Waals surface area (Å²) >= 11 is 0.941. The molecule has 2 rings (SSSR count). The molecular weight excluding hydrogens is 415 g/mol. The first-order valence-corrected chi connectivity index (χ1v) is 12.0. The number of hydrogen-bond donors (Lipinski definition) is 2. The third-order valence-corrected chi connectivity index (χ3v) is 6.02. The summed E-state index contributed by atoms with van der Waals surface area (Å²) in [7, 11) is -2.97. The summed E-state index contributed by atoms with van der Waals surface area (Å²) in [5, 5.41) is 7.70. The van der Waals surface area contributed by atoms with E-state index in [1.54, 1.807) is 0 Å². The van der Waals surface area contributed by atoms with E-state index in [1.807, 2.05) is 6.92 Å². The first kappa shape index (κ1) is 22.9. The lowest BCUT2D eigenvalue weighted by Crippen LogP contribution is -2.49. The number of rotatable bonds is 7. The van der Waals surface area contributed by atoms with E-state index >= 15 is 0 Å². The second-order valence-electron chi connectivity index (χ2n) is 6.71. The van der Waals surface area contributed by atoms with Crippen molar-refractivity contribution in [3.05, 3.63) is 16.1 Å². The smallest absolute Gasteiger partial charge is 0.357 e. The Bertz CT molecular complexity index is 757. The van der Waals surface area contributed by atoms with E-state index in [2.05, 4.69) is 25.5 Å². The molecule has 1 aliphatic heterocycles. The van der Waals surface area contributed by atoms with Gasteiger partial charge in [-0.2, -0.15) is 13.2 Å². The Morgan fingerprint density at radius 2 is 2.07 bits per heavy atom. The van der Waals surface area contributed by atoms with Crippen molar-refractivity contribution in [2.75, 3.05) is 38.2 Å². The van der Waals surface area contributed by atoms with Gasteiger partial charge in [-0.3, -0.25) is 0 Å². The largest absolute Gasteiger partial charge is 0.434 e. The highest BCUT2D eigenvalue weighted by molar-refractivity contribution is 7.90. The Labute approximate surface area is 167 Å². The quantitative estimate of drug-likeness (QED) is 0.495. The molecule has 0 unspecified atom stereocenters. The molecule has 0 saturated carbocycles. The second kappa shape index (κ2) is 9.88. The summed E-state index contributed by atoms with van der Waals surface area (Å²) < 4.78 is 60.4. The zero-order valence-corrected chi connectivity index (χ0v) is 17.6. The average Bonchev–Trinajstić information content (AvgIpc) is 3.08. The molecule has 12 heteroatoms. The maximum absolute atomic E-state index is 12.6. The van der Waals surface area contributed by atoms with Gasteiger partial charge in [-0.15, -0.1) is 11.3 Å². The lowest BCUT2D eigenvalue weighted by atomic mass is 10.1. The average molecular weight is 442 g/mol. The lowest BCUT2D eigenvalue weighted by molar-refractivity contribution is -0.140. The highest BCUT2D eigenvalue weighted by Gasteiger charge is 2.33. The van der Waals surface area contributed by atoms with Crippen molar-refractivity contribution in [1.82, 2.24) is 20.5 Å². The van der Waals surface area contributed by atoms with E-state index in [0.29, 0.717) is 24.1 Å². The Hall–Kier alpha value is -1.40. The van der Waals surface area contributed by atoms with Crippen molar-refractivity contribution in [2.24, 2.45) is 4.99 Å². The molecule has 1 aliphatic rings. The molecular formula is C16H26F3N5O2S2. The van der Waals surface area contributed by atoms with Gasteiger partial charge in [0, 0.05) is 43.9 Å². The first-order chi connectivity index (χ1) is 13.1. The molecule has 1 aromatic rings. The van der Waals surface area contributed by atoms with Crippen LogP contribution < -0.4 is 10.6 Å². The van der Waals surface area contributed by atoms with Crippen LogP contribution in [0.3, 0.4) is 0 Å². The minimum absolute atomic E-state index is 0.0727.